The second kappa shape index (κ2) is 6.64. The number of imidazole rings is 2. The van der Waals surface area contributed by atoms with Crippen molar-refractivity contribution < 1.29 is 9.90 Å². The number of aromatic nitrogens is 5. The Balaban J connectivity index is 0.000000569. The van der Waals surface area contributed by atoms with Crippen molar-refractivity contribution in [3.63, 3.8) is 0 Å². The molecule has 0 atom stereocenters. The summed E-state index contributed by atoms with van der Waals surface area (Å²) in [6.07, 6.45) is 7.79. The smallest absolute Gasteiger partial charge is 0.290 e. The van der Waals surface area contributed by atoms with Gasteiger partial charge in [0.15, 0.2) is 5.82 Å². The maximum absolute atomic E-state index is 8.36. The fourth-order valence-corrected chi connectivity index (χ4v) is 2.89. The molecule has 0 bridgehead atoms. The number of hydrogen-bond donors (Lipinski definition) is 1. The Kier molecular flexibility index (Phi) is 4.38. The second-order valence-corrected chi connectivity index (χ2v) is 5.61. The van der Waals surface area contributed by atoms with Gasteiger partial charge in [0.05, 0.1) is 11.9 Å². The summed E-state index contributed by atoms with van der Waals surface area (Å²) < 4.78 is 6.31. The van der Waals surface area contributed by atoms with Crippen LogP contribution >= 0.6 is 0 Å². The average Bonchev–Trinajstić information content (AvgIpc) is 3.30. The van der Waals surface area contributed by atoms with E-state index in [1.807, 2.05) is 32.6 Å². The molecule has 7 nitrogen and oxygen atoms in total. The lowest BCUT2D eigenvalue weighted by atomic mass is 10.2. The highest BCUT2D eigenvalue weighted by atomic mass is 16.3. The molecule has 0 unspecified atom stereocenters. The monoisotopic (exact) mass is 337 g/mol. The van der Waals surface area contributed by atoms with Crippen LogP contribution in [0.15, 0.2) is 49.1 Å². The number of rotatable bonds is 2. The van der Waals surface area contributed by atoms with E-state index in [-0.39, 0.29) is 6.47 Å². The van der Waals surface area contributed by atoms with Crippen LogP contribution in [0.2, 0.25) is 0 Å². The van der Waals surface area contributed by atoms with Crippen molar-refractivity contribution in [1.82, 2.24) is 23.7 Å². The number of nitrogens with zero attached hydrogens (tertiary/aromatic N) is 5. The lowest BCUT2D eigenvalue weighted by molar-refractivity contribution is -0.122. The van der Waals surface area contributed by atoms with Crippen molar-refractivity contribution in [1.29, 1.82) is 0 Å². The van der Waals surface area contributed by atoms with Crippen LogP contribution in [0.4, 0.5) is 0 Å². The summed E-state index contributed by atoms with van der Waals surface area (Å²) in [6.45, 7) is 1.74. The van der Waals surface area contributed by atoms with Crippen molar-refractivity contribution in [2.45, 2.75) is 6.92 Å². The van der Waals surface area contributed by atoms with E-state index in [2.05, 4.69) is 61.2 Å². The Hall–Kier alpha value is -3.35. The summed E-state index contributed by atoms with van der Waals surface area (Å²) in [7, 11) is 4.07. The molecular weight excluding hydrogens is 318 g/mol. The Morgan fingerprint density at radius 1 is 1.12 bits per heavy atom. The third-order valence-corrected chi connectivity index (χ3v) is 4.25. The molecule has 25 heavy (non-hydrogen) atoms. The molecule has 0 aliphatic heterocycles. The van der Waals surface area contributed by atoms with Gasteiger partial charge in [0.25, 0.3) is 6.47 Å². The van der Waals surface area contributed by atoms with Crippen molar-refractivity contribution >= 4 is 17.4 Å². The molecule has 128 valence electrons. The van der Waals surface area contributed by atoms with Gasteiger partial charge in [-0.2, -0.15) is 0 Å². The highest BCUT2D eigenvalue weighted by molar-refractivity contribution is 5.89. The van der Waals surface area contributed by atoms with Gasteiger partial charge in [-0.3, -0.25) is 9.36 Å². The first-order valence-electron chi connectivity index (χ1n) is 7.72. The normalized spacial score (nSPS) is 10.5. The fraction of sp³-hybridized carbons (Fsp3) is 0.167. The van der Waals surface area contributed by atoms with Crippen LogP contribution in [-0.4, -0.2) is 35.2 Å². The summed E-state index contributed by atoms with van der Waals surface area (Å²) in [5.74, 6) is 1.88. The summed E-state index contributed by atoms with van der Waals surface area (Å²) in [6, 6.07) is 8.47. The quantitative estimate of drug-likeness (QED) is 0.571. The third-order valence-electron chi connectivity index (χ3n) is 4.25. The van der Waals surface area contributed by atoms with E-state index >= 15 is 0 Å². The molecule has 1 N–H and O–H groups in total. The van der Waals surface area contributed by atoms with E-state index in [0.29, 0.717) is 0 Å². The first-order chi connectivity index (χ1) is 12.1. The SMILES string of the molecule is Cc1ncc(-c2nccn2-c2cccc3c2ccn3C)n1C.O=CO. The molecule has 0 fully saturated rings. The molecule has 0 amide bonds. The minimum atomic E-state index is -0.250. The first-order valence-corrected chi connectivity index (χ1v) is 7.72. The van der Waals surface area contributed by atoms with Gasteiger partial charge in [-0.1, -0.05) is 6.07 Å². The van der Waals surface area contributed by atoms with Gasteiger partial charge >= 0.3 is 0 Å². The zero-order valence-corrected chi connectivity index (χ0v) is 14.3. The van der Waals surface area contributed by atoms with E-state index in [9.17, 15) is 0 Å². The summed E-state index contributed by atoms with van der Waals surface area (Å²) in [4.78, 5) is 17.3. The second-order valence-electron chi connectivity index (χ2n) is 5.61. The molecule has 7 heteroatoms. The molecular formula is C18H19N5O2. The molecule has 1 aromatic carbocycles. The van der Waals surface area contributed by atoms with Crippen LogP contribution in [-0.2, 0) is 18.9 Å². The van der Waals surface area contributed by atoms with Crippen molar-refractivity contribution in [2.24, 2.45) is 14.1 Å². The van der Waals surface area contributed by atoms with Gasteiger partial charge in [-0.25, -0.2) is 9.97 Å². The van der Waals surface area contributed by atoms with Crippen molar-refractivity contribution in [3.8, 4) is 17.2 Å². The lowest BCUT2D eigenvalue weighted by Crippen LogP contribution is -2.01. The van der Waals surface area contributed by atoms with Crippen LogP contribution in [0.25, 0.3) is 28.1 Å². The number of hydrogen-bond acceptors (Lipinski definition) is 3. The zero-order valence-electron chi connectivity index (χ0n) is 14.3. The molecule has 0 saturated heterocycles. The number of aryl methyl sites for hydroxylation is 2. The first kappa shape index (κ1) is 16.5. The number of carbonyl (C=O) groups is 1. The van der Waals surface area contributed by atoms with Crippen LogP contribution in [0.3, 0.4) is 0 Å². The lowest BCUT2D eigenvalue weighted by Gasteiger charge is -2.10. The predicted molar refractivity (Wildman–Crippen MR) is 95.7 cm³/mol. The maximum Gasteiger partial charge on any atom is 0.290 e. The molecule has 0 aliphatic carbocycles. The van der Waals surface area contributed by atoms with Crippen LogP contribution in [0.1, 0.15) is 5.82 Å². The number of fused-ring (bicyclic) bond motifs is 1. The number of benzene rings is 1. The Labute approximate surface area is 144 Å². The number of carboxylic acid groups (broad SMARTS) is 1. The Bertz CT molecular complexity index is 1030. The van der Waals surface area contributed by atoms with Crippen LogP contribution in [0.5, 0.6) is 0 Å². The Morgan fingerprint density at radius 2 is 1.88 bits per heavy atom. The Morgan fingerprint density at radius 3 is 2.56 bits per heavy atom. The van der Waals surface area contributed by atoms with Gasteiger partial charge in [-0.05, 0) is 25.1 Å². The van der Waals surface area contributed by atoms with E-state index in [0.717, 1.165) is 23.0 Å². The molecule has 3 aromatic heterocycles. The van der Waals surface area contributed by atoms with Gasteiger partial charge in [-0.15, -0.1) is 0 Å². The molecule has 0 saturated carbocycles. The van der Waals surface area contributed by atoms with E-state index in [1.54, 1.807) is 0 Å². The fourth-order valence-electron chi connectivity index (χ4n) is 2.89. The minimum Gasteiger partial charge on any atom is -0.483 e. The van der Waals surface area contributed by atoms with Gasteiger partial charge in [0.2, 0.25) is 0 Å². The van der Waals surface area contributed by atoms with Gasteiger partial charge < -0.3 is 14.2 Å². The largest absolute Gasteiger partial charge is 0.483 e. The highest BCUT2D eigenvalue weighted by Gasteiger charge is 2.14. The van der Waals surface area contributed by atoms with Gasteiger partial charge in [0.1, 0.15) is 11.5 Å². The predicted octanol–water partition coefficient (Wildman–Crippen LogP) is 2.77. The van der Waals surface area contributed by atoms with E-state index in [4.69, 9.17) is 9.90 Å². The summed E-state index contributed by atoms with van der Waals surface area (Å²) >= 11 is 0. The standard InChI is InChI=1S/C17H17N5.CH2O2/c1-12-19-11-16(21(12)3)17-18-8-10-22(17)15-6-4-5-14-13(15)7-9-20(14)2;2-1-3/h4-11H,1-3H3;1H,(H,2,3). The molecule has 4 rings (SSSR count). The highest BCUT2D eigenvalue weighted by Crippen LogP contribution is 2.27. The molecule has 3 heterocycles. The molecule has 0 aliphatic rings. The maximum atomic E-state index is 8.36. The van der Waals surface area contributed by atoms with Crippen molar-refractivity contribution in [3.05, 3.63) is 54.9 Å². The third kappa shape index (κ3) is 2.80. The molecule has 4 aromatic rings. The van der Waals surface area contributed by atoms with Gasteiger partial charge in [0, 0.05) is 43.6 Å². The summed E-state index contributed by atoms with van der Waals surface area (Å²) in [5.41, 5.74) is 3.35. The summed E-state index contributed by atoms with van der Waals surface area (Å²) in [5, 5.41) is 8.10. The minimum absolute atomic E-state index is 0.250. The van der Waals surface area contributed by atoms with Crippen molar-refractivity contribution in [2.75, 3.05) is 0 Å². The van der Waals surface area contributed by atoms with Crippen LogP contribution < -0.4 is 0 Å². The van der Waals surface area contributed by atoms with E-state index in [1.165, 1.54) is 10.9 Å². The average molecular weight is 337 g/mol. The molecule has 0 radical (unpaired) electrons. The molecule has 0 spiro atoms. The van der Waals surface area contributed by atoms with Crippen LogP contribution in [0, 0.1) is 6.92 Å². The van der Waals surface area contributed by atoms with E-state index < -0.39 is 0 Å². The topological polar surface area (TPSA) is 77.9 Å². The zero-order chi connectivity index (χ0) is 18.0.